The van der Waals surface area contributed by atoms with Gasteiger partial charge in [-0.05, 0) is 6.07 Å². The highest BCUT2D eigenvalue weighted by Gasteiger charge is 1.99. The molecule has 0 aliphatic carbocycles. The van der Waals surface area contributed by atoms with Crippen molar-refractivity contribution in [3.8, 4) is 11.5 Å². The Morgan fingerprint density at radius 3 is 2.73 bits per heavy atom. The van der Waals surface area contributed by atoms with Crippen molar-refractivity contribution in [1.82, 2.24) is 19.9 Å². The van der Waals surface area contributed by atoms with Crippen molar-refractivity contribution in [3.05, 3.63) is 31.0 Å². The van der Waals surface area contributed by atoms with Crippen LogP contribution in [0.3, 0.4) is 0 Å². The van der Waals surface area contributed by atoms with Gasteiger partial charge in [0.05, 0.1) is 0 Å². The number of imidazole rings is 1. The van der Waals surface area contributed by atoms with Gasteiger partial charge in [-0.15, -0.1) is 0 Å². The molecule has 0 amide bonds. The van der Waals surface area contributed by atoms with E-state index in [0.717, 1.165) is 0 Å². The first kappa shape index (κ1) is 6.03. The molecule has 2 aromatic rings. The Kier molecular flexibility index (Phi) is 1.37. The molecule has 1 N–H and O–H groups in total. The fraction of sp³-hybridized carbons (Fsp3) is 0. The van der Waals surface area contributed by atoms with Gasteiger partial charge in [-0.3, -0.25) is 0 Å². The molecule has 0 aromatic carbocycles. The van der Waals surface area contributed by atoms with Gasteiger partial charge in [0.1, 0.15) is 5.69 Å². The maximum Gasteiger partial charge on any atom is 0.179 e. The topological polar surface area (TPSA) is 54.5 Å². The lowest BCUT2D eigenvalue weighted by Crippen LogP contribution is -1.85. The highest BCUT2D eigenvalue weighted by molar-refractivity contribution is 5.45. The molecule has 2 heterocycles. The van der Waals surface area contributed by atoms with Crippen LogP contribution < -0.4 is 0 Å². The SMILES string of the molecule is [c]1nc(-c2ncccn2)c[nH]1. The molecule has 11 heavy (non-hydrogen) atoms. The zero-order valence-electron chi connectivity index (χ0n) is 5.65. The Morgan fingerprint density at radius 1 is 1.27 bits per heavy atom. The minimum absolute atomic E-state index is 0.616. The summed E-state index contributed by atoms with van der Waals surface area (Å²) < 4.78 is 0. The summed E-state index contributed by atoms with van der Waals surface area (Å²) in [6.45, 7) is 0. The van der Waals surface area contributed by atoms with Crippen molar-refractivity contribution >= 4 is 0 Å². The number of hydrogen-bond donors (Lipinski definition) is 1. The van der Waals surface area contributed by atoms with E-state index < -0.39 is 0 Å². The van der Waals surface area contributed by atoms with Crippen LogP contribution in [0.4, 0.5) is 0 Å². The van der Waals surface area contributed by atoms with Gasteiger partial charge in [0.15, 0.2) is 12.2 Å². The number of hydrogen-bond acceptors (Lipinski definition) is 3. The Hall–Kier alpha value is -1.71. The summed E-state index contributed by atoms with van der Waals surface area (Å²) in [7, 11) is 0. The lowest BCUT2D eigenvalue weighted by molar-refractivity contribution is 1.15. The standard InChI is InChI=1S/C7H5N4/c1-2-9-7(10-3-1)6-4-8-5-11-6/h1-4H,(H,8,11). The third-order valence-corrected chi connectivity index (χ3v) is 1.24. The Bertz CT molecular complexity index is 313. The van der Waals surface area contributed by atoms with E-state index in [1.165, 1.54) is 0 Å². The third-order valence-electron chi connectivity index (χ3n) is 1.24. The van der Waals surface area contributed by atoms with E-state index >= 15 is 0 Å². The van der Waals surface area contributed by atoms with Gasteiger partial charge in [-0.25, -0.2) is 15.0 Å². The molecule has 0 atom stereocenters. The van der Waals surface area contributed by atoms with Crippen LogP contribution in [-0.2, 0) is 0 Å². The second kappa shape index (κ2) is 2.49. The molecule has 0 fully saturated rings. The van der Waals surface area contributed by atoms with Crippen LogP contribution in [0.1, 0.15) is 0 Å². The first-order valence-corrected chi connectivity index (χ1v) is 3.15. The lowest BCUT2D eigenvalue weighted by Gasteiger charge is -1.89. The third kappa shape index (κ3) is 1.10. The highest BCUT2D eigenvalue weighted by Crippen LogP contribution is 2.06. The van der Waals surface area contributed by atoms with E-state index in [1.54, 1.807) is 24.7 Å². The van der Waals surface area contributed by atoms with Gasteiger partial charge in [0.25, 0.3) is 0 Å². The summed E-state index contributed by atoms with van der Waals surface area (Å²) in [5.41, 5.74) is 0.714. The van der Waals surface area contributed by atoms with Gasteiger partial charge in [0, 0.05) is 18.6 Å². The van der Waals surface area contributed by atoms with Crippen molar-refractivity contribution in [3.63, 3.8) is 0 Å². The average Bonchev–Trinajstić information content (AvgIpc) is 2.58. The number of rotatable bonds is 1. The van der Waals surface area contributed by atoms with E-state index in [9.17, 15) is 0 Å². The summed E-state index contributed by atoms with van der Waals surface area (Å²) in [6, 6.07) is 1.76. The molecule has 0 saturated carbocycles. The molecule has 2 aromatic heterocycles. The fourth-order valence-corrected chi connectivity index (χ4v) is 0.771. The van der Waals surface area contributed by atoms with Crippen molar-refractivity contribution in [1.29, 1.82) is 0 Å². The minimum atomic E-state index is 0.616. The van der Waals surface area contributed by atoms with Crippen LogP contribution in [0.5, 0.6) is 0 Å². The molecule has 0 saturated heterocycles. The number of nitrogens with one attached hydrogen (secondary N) is 1. The smallest absolute Gasteiger partial charge is 0.179 e. The molecule has 4 nitrogen and oxygen atoms in total. The molecule has 4 heteroatoms. The number of nitrogens with zero attached hydrogens (tertiary/aromatic N) is 3. The number of H-pyrrole nitrogens is 1. The second-order valence-corrected chi connectivity index (χ2v) is 1.97. The summed E-state index contributed by atoms with van der Waals surface area (Å²) in [4.78, 5) is 14.6. The summed E-state index contributed by atoms with van der Waals surface area (Å²) in [5.74, 6) is 0.616. The molecule has 2 rings (SSSR count). The van der Waals surface area contributed by atoms with Crippen molar-refractivity contribution in [2.45, 2.75) is 0 Å². The number of aromatic nitrogens is 4. The Morgan fingerprint density at radius 2 is 2.09 bits per heavy atom. The minimum Gasteiger partial charge on any atom is -0.341 e. The highest BCUT2D eigenvalue weighted by atomic mass is 14.9. The summed E-state index contributed by atoms with van der Waals surface area (Å²) in [6.07, 6.45) is 7.63. The van der Waals surface area contributed by atoms with E-state index in [2.05, 4.69) is 26.3 Å². The van der Waals surface area contributed by atoms with E-state index in [1.807, 2.05) is 0 Å². The zero-order valence-corrected chi connectivity index (χ0v) is 5.65. The molecule has 0 unspecified atom stereocenters. The Balaban J connectivity index is 2.46. The monoisotopic (exact) mass is 145 g/mol. The molecule has 0 spiro atoms. The summed E-state index contributed by atoms with van der Waals surface area (Å²) >= 11 is 0. The molecule has 0 bridgehead atoms. The van der Waals surface area contributed by atoms with Crippen LogP contribution >= 0.6 is 0 Å². The van der Waals surface area contributed by atoms with Crippen molar-refractivity contribution in [2.75, 3.05) is 0 Å². The predicted octanol–water partition coefficient (Wildman–Crippen LogP) is 0.667. The van der Waals surface area contributed by atoms with E-state index in [0.29, 0.717) is 11.5 Å². The Labute approximate surface area is 63.4 Å². The van der Waals surface area contributed by atoms with Crippen LogP contribution in [-0.4, -0.2) is 19.9 Å². The fourth-order valence-electron chi connectivity index (χ4n) is 0.771. The van der Waals surface area contributed by atoms with Gasteiger partial charge in [-0.1, -0.05) is 0 Å². The molecule has 53 valence electrons. The van der Waals surface area contributed by atoms with Crippen LogP contribution in [0.15, 0.2) is 24.7 Å². The van der Waals surface area contributed by atoms with E-state index in [-0.39, 0.29) is 0 Å². The average molecular weight is 145 g/mol. The maximum absolute atomic E-state index is 4.01. The van der Waals surface area contributed by atoms with Crippen LogP contribution in [0.25, 0.3) is 11.5 Å². The lowest BCUT2D eigenvalue weighted by atomic mass is 10.4. The summed E-state index contributed by atoms with van der Waals surface area (Å²) in [5, 5.41) is 0. The normalized spacial score (nSPS) is 9.82. The van der Waals surface area contributed by atoms with Crippen molar-refractivity contribution in [2.24, 2.45) is 0 Å². The van der Waals surface area contributed by atoms with Crippen LogP contribution in [0.2, 0.25) is 0 Å². The second-order valence-electron chi connectivity index (χ2n) is 1.97. The zero-order chi connectivity index (χ0) is 7.52. The molecule has 0 aliphatic rings. The van der Waals surface area contributed by atoms with Gasteiger partial charge in [-0.2, -0.15) is 0 Å². The van der Waals surface area contributed by atoms with Gasteiger partial charge < -0.3 is 4.98 Å². The predicted molar refractivity (Wildman–Crippen MR) is 38.4 cm³/mol. The largest absolute Gasteiger partial charge is 0.341 e. The first-order chi connectivity index (χ1) is 5.47. The van der Waals surface area contributed by atoms with E-state index in [4.69, 9.17) is 0 Å². The van der Waals surface area contributed by atoms with Gasteiger partial charge in [0.2, 0.25) is 0 Å². The molecular formula is C7H5N4. The number of aromatic amines is 1. The first-order valence-electron chi connectivity index (χ1n) is 3.15. The molecule has 1 radical (unpaired) electrons. The maximum atomic E-state index is 4.01. The molecule has 0 aliphatic heterocycles. The van der Waals surface area contributed by atoms with Gasteiger partial charge >= 0.3 is 0 Å². The van der Waals surface area contributed by atoms with Crippen molar-refractivity contribution < 1.29 is 0 Å². The van der Waals surface area contributed by atoms with Crippen LogP contribution in [0, 0.1) is 6.33 Å². The quantitative estimate of drug-likeness (QED) is 0.641. The molecular weight excluding hydrogens is 140 g/mol.